The van der Waals surface area contributed by atoms with Crippen LogP contribution in [0.2, 0.25) is 0 Å². The molecule has 19 heavy (non-hydrogen) atoms. The highest BCUT2D eigenvalue weighted by atomic mass is 79.9. The molecule has 0 saturated heterocycles. The van der Waals surface area contributed by atoms with E-state index in [1.165, 1.54) is 10.0 Å². The predicted octanol–water partition coefficient (Wildman–Crippen LogP) is 3.57. The molecular weight excluding hydrogens is 316 g/mol. The lowest BCUT2D eigenvalue weighted by atomic mass is 9.76. The van der Waals surface area contributed by atoms with Crippen molar-refractivity contribution in [3.8, 4) is 0 Å². The molecule has 1 saturated carbocycles. The van der Waals surface area contributed by atoms with Crippen LogP contribution < -0.4 is 5.32 Å². The molecule has 1 aromatic carbocycles. The van der Waals surface area contributed by atoms with Crippen LogP contribution >= 0.6 is 15.9 Å². The minimum absolute atomic E-state index is 0.348. The average Bonchev–Trinajstić information content (AvgIpc) is 2.32. The van der Waals surface area contributed by atoms with Gasteiger partial charge in [-0.1, -0.05) is 34.1 Å². The Kier molecular flexibility index (Phi) is 5.73. The Morgan fingerprint density at radius 2 is 2.05 bits per heavy atom. The fourth-order valence-corrected chi connectivity index (χ4v) is 2.96. The second kappa shape index (κ2) is 7.31. The summed E-state index contributed by atoms with van der Waals surface area (Å²) >= 11 is 3.57. The van der Waals surface area contributed by atoms with Crippen molar-refractivity contribution in [1.29, 1.82) is 0 Å². The van der Waals surface area contributed by atoms with Crippen molar-refractivity contribution < 1.29 is 13.5 Å². The number of halogens is 3. The summed E-state index contributed by atoms with van der Waals surface area (Å²) in [7, 11) is 0. The zero-order chi connectivity index (χ0) is 13.7. The van der Waals surface area contributed by atoms with Crippen molar-refractivity contribution in [2.24, 2.45) is 0 Å². The van der Waals surface area contributed by atoms with Crippen LogP contribution in [0.15, 0.2) is 28.7 Å². The summed E-state index contributed by atoms with van der Waals surface area (Å²) in [5.74, 6) is 0.593. The minimum Gasteiger partial charge on any atom is -0.374 e. The quantitative estimate of drug-likeness (QED) is 0.770. The van der Waals surface area contributed by atoms with Crippen molar-refractivity contribution in [1.82, 2.24) is 5.32 Å². The van der Waals surface area contributed by atoms with Crippen LogP contribution in [0.5, 0.6) is 0 Å². The standard InChI is InChI=1S/C14H18BrF2NO/c15-13-4-2-1-3-12(13)10-7-11(8-10)18-5-6-19-9-14(16)17/h1-4,10-11,14,18H,5-9H2. The summed E-state index contributed by atoms with van der Waals surface area (Å²) < 4.78 is 29.6. The number of rotatable bonds is 7. The van der Waals surface area contributed by atoms with Crippen molar-refractivity contribution >= 4 is 15.9 Å². The van der Waals surface area contributed by atoms with Gasteiger partial charge < -0.3 is 10.1 Å². The first-order chi connectivity index (χ1) is 9.16. The Balaban J connectivity index is 1.60. The van der Waals surface area contributed by atoms with Gasteiger partial charge in [0.25, 0.3) is 6.43 Å². The van der Waals surface area contributed by atoms with Gasteiger partial charge in [0.15, 0.2) is 0 Å². The SMILES string of the molecule is FC(F)COCCNC1CC(c2ccccc2Br)C1. The second-order valence-corrected chi connectivity index (χ2v) is 5.66. The number of hydrogen-bond acceptors (Lipinski definition) is 2. The Morgan fingerprint density at radius 1 is 1.32 bits per heavy atom. The fourth-order valence-electron chi connectivity index (χ4n) is 2.35. The van der Waals surface area contributed by atoms with Gasteiger partial charge in [0.2, 0.25) is 0 Å². The fraction of sp³-hybridized carbons (Fsp3) is 0.571. The molecular formula is C14H18BrF2NO. The second-order valence-electron chi connectivity index (χ2n) is 4.81. The molecule has 106 valence electrons. The van der Waals surface area contributed by atoms with Crippen LogP contribution in [-0.4, -0.2) is 32.2 Å². The summed E-state index contributed by atoms with van der Waals surface area (Å²) in [6, 6.07) is 8.76. The number of benzene rings is 1. The lowest BCUT2D eigenvalue weighted by Gasteiger charge is -2.37. The molecule has 0 aromatic heterocycles. The molecule has 1 aliphatic rings. The van der Waals surface area contributed by atoms with Crippen LogP contribution in [0.25, 0.3) is 0 Å². The van der Waals surface area contributed by atoms with Gasteiger partial charge in [0.1, 0.15) is 6.61 Å². The predicted molar refractivity (Wildman–Crippen MR) is 74.7 cm³/mol. The van der Waals surface area contributed by atoms with Crippen molar-refractivity contribution in [3.05, 3.63) is 34.3 Å². The van der Waals surface area contributed by atoms with Gasteiger partial charge in [-0.25, -0.2) is 8.78 Å². The molecule has 1 aromatic rings. The lowest BCUT2D eigenvalue weighted by Crippen LogP contribution is -2.41. The Labute approximate surface area is 120 Å². The van der Waals surface area contributed by atoms with E-state index in [-0.39, 0.29) is 0 Å². The molecule has 0 amide bonds. The molecule has 1 N–H and O–H groups in total. The van der Waals surface area contributed by atoms with Crippen LogP contribution in [0.1, 0.15) is 24.3 Å². The summed E-state index contributed by atoms with van der Waals surface area (Å²) in [5, 5.41) is 3.33. The summed E-state index contributed by atoms with van der Waals surface area (Å²) in [5.41, 5.74) is 1.36. The number of hydrogen-bond donors (Lipinski definition) is 1. The maximum absolute atomic E-state index is 11.8. The molecule has 1 fully saturated rings. The first kappa shape index (κ1) is 14.9. The monoisotopic (exact) mass is 333 g/mol. The highest BCUT2D eigenvalue weighted by Crippen LogP contribution is 2.39. The third kappa shape index (κ3) is 4.51. The molecule has 1 aliphatic carbocycles. The molecule has 0 heterocycles. The summed E-state index contributed by atoms with van der Waals surface area (Å²) in [6.45, 7) is 0.520. The van der Waals surface area contributed by atoms with E-state index in [1.807, 2.05) is 6.07 Å². The first-order valence-electron chi connectivity index (χ1n) is 6.50. The third-order valence-electron chi connectivity index (χ3n) is 3.41. The van der Waals surface area contributed by atoms with Gasteiger partial charge in [-0.2, -0.15) is 0 Å². The Bertz CT molecular complexity index is 397. The topological polar surface area (TPSA) is 21.3 Å². The molecule has 0 unspecified atom stereocenters. The van der Waals surface area contributed by atoms with Crippen molar-refractivity contribution in [3.63, 3.8) is 0 Å². The van der Waals surface area contributed by atoms with Crippen LogP contribution in [0, 0.1) is 0 Å². The minimum atomic E-state index is -2.37. The summed E-state index contributed by atoms with van der Waals surface area (Å²) in [6.07, 6.45) is -0.182. The molecule has 0 atom stereocenters. The summed E-state index contributed by atoms with van der Waals surface area (Å²) in [4.78, 5) is 0. The van der Waals surface area contributed by atoms with Crippen LogP contribution in [0.3, 0.4) is 0 Å². The van der Waals surface area contributed by atoms with Gasteiger partial charge >= 0.3 is 0 Å². The molecule has 0 radical (unpaired) electrons. The Hall–Kier alpha value is -0.520. The number of alkyl halides is 2. The zero-order valence-electron chi connectivity index (χ0n) is 10.6. The molecule has 2 nitrogen and oxygen atoms in total. The maximum Gasteiger partial charge on any atom is 0.261 e. The normalized spacial score (nSPS) is 22.5. The Morgan fingerprint density at radius 3 is 2.74 bits per heavy atom. The first-order valence-corrected chi connectivity index (χ1v) is 7.30. The maximum atomic E-state index is 11.8. The van der Waals surface area contributed by atoms with E-state index in [1.54, 1.807) is 0 Å². The van der Waals surface area contributed by atoms with E-state index in [2.05, 4.69) is 39.4 Å². The van der Waals surface area contributed by atoms with Crippen molar-refractivity contribution in [2.75, 3.05) is 19.8 Å². The molecule has 0 spiro atoms. The van der Waals surface area contributed by atoms with E-state index in [0.29, 0.717) is 25.1 Å². The molecule has 0 bridgehead atoms. The van der Waals surface area contributed by atoms with Gasteiger partial charge in [0, 0.05) is 17.1 Å². The highest BCUT2D eigenvalue weighted by Gasteiger charge is 2.30. The van der Waals surface area contributed by atoms with Crippen molar-refractivity contribution in [2.45, 2.75) is 31.2 Å². The zero-order valence-corrected chi connectivity index (χ0v) is 12.2. The highest BCUT2D eigenvalue weighted by molar-refractivity contribution is 9.10. The van der Waals surface area contributed by atoms with Crippen LogP contribution in [-0.2, 0) is 4.74 Å². The average molecular weight is 334 g/mol. The largest absolute Gasteiger partial charge is 0.374 e. The van der Waals surface area contributed by atoms with E-state index < -0.39 is 13.0 Å². The number of ether oxygens (including phenoxy) is 1. The van der Waals surface area contributed by atoms with Gasteiger partial charge in [-0.15, -0.1) is 0 Å². The van der Waals surface area contributed by atoms with E-state index in [4.69, 9.17) is 4.74 Å². The van der Waals surface area contributed by atoms with E-state index in [9.17, 15) is 8.78 Å². The smallest absolute Gasteiger partial charge is 0.261 e. The van der Waals surface area contributed by atoms with Gasteiger partial charge in [-0.3, -0.25) is 0 Å². The van der Waals surface area contributed by atoms with Gasteiger partial charge in [0.05, 0.1) is 6.61 Å². The third-order valence-corrected chi connectivity index (χ3v) is 4.13. The lowest BCUT2D eigenvalue weighted by molar-refractivity contribution is 0.0174. The molecule has 5 heteroatoms. The van der Waals surface area contributed by atoms with Gasteiger partial charge in [-0.05, 0) is 30.4 Å². The van der Waals surface area contributed by atoms with E-state index in [0.717, 1.165) is 12.8 Å². The molecule has 0 aliphatic heterocycles. The van der Waals surface area contributed by atoms with E-state index >= 15 is 0 Å². The molecule has 2 rings (SSSR count). The number of nitrogens with one attached hydrogen (secondary N) is 1. The van der Waals surface area contributed by atoms with Crippen LogP contribution in [0.4, 0.5) is 8.78 Å².